The molecule has 92 valence electrons. The summed E-state index contributed by atoms with van der Waals surface area (Å²) in [6, 6.07) is 21.1. The molecule has 0 atom stereocenters. The second kappa shape index (κ2) is 5.07. The Kier molecular flexibility index (Phi) is 3.11. The fraction of sp³-hybridized carbons (Fsp3) is 0. The van der Waals surface area contributed by atoms with E-state index >= 15 is 0 Å². The Morgan fingerprint density at radius 2 is 1.37 bits per heavy atom. The molecular weight excluding hydrogens is 235 g/mol. The normalized spacial score (nSPS) is 11.2. The Labute approximate surface area is 111 Å². The number of hydrogen-bond donors (Lipinski definition) is 0. The zero-order valence-corrected chi connectivity index (χ0v) is 10.4. The lowest BCUT2D eigenvalue weighted by Gasteiger charge is -1.99. The molecule has 0 saturated heterocycles. The van der Waals surface area contributed by atoms with Crippen LogP contribution in [0, 0.1) is 5.82 Å². The third kappa shape index (κ3) is 2.71. The topological polar surface area (TPSA) is 0 Å². The first kappa shape index (κ1) is 11.7. The first-order chi connectivity index (χ1) is 9.31. The Balaban J connectivity index is 1.92. The molecule has 0 aliphatic heterocycles. The average molecular weight is 248 g/mol. The molecule has 19 heavy (non-hydrogen) atoms. The highest BCUT2D eigenvalue weighted by molar-refractivity contribution is 5.85. The second-order valence-corrected chi connectivity index (χ2v) is 4.49. The fourth-order valence-corrected chi connectivity index (χ4v) is 2.11. The first-order valence-corrected chi connectivity index (χ1v) is 6.24. The Morgan fingerprint density at radius 1 is 0.632 bits per heavy atom. The van der Waals surface area contributed by atoms with E-state index in [1.807, 2.05) is 30.4 Å². The SMILES string of the molecule is Fc1cccc(/C=C/c2ccc3ccccc3c2)c1. The van der Waals surface area contributed by atoms with E-state index in [-0.39, 0.29) is 5.82 Å². The maximum atomic E-state index is 13.1. The van der Waals surface area contributed by atoms with Crippen molar-refractivity contribution in [3.63, 3.8) is 0 Å². The number of rotatable bonds is 2. The van der Waals surface area contributed by atoms with Crippen LogP contribution < -0.4 is 0 Å². The lowest BCUT2D eigenvalue weighted by Crippen LogP contribution is -1.77. The average Bonchev–Trinajstić information content (AvgIpc) is 2.45. The summed E-state index contributed by atoms with van der Waals surface area (Å²) in [6.45, 7) is 0. The van der Waals surface area contributed by atoms with E-state index in [0.29, 0.717) is 0 Å². The molecule has 0 aliphatic carbocycles. The molecule has 0 amide bonds. The van der Waals surface area contributed by atoms with E-state index in [1.54, 1.807) is 6.07 Å². The molecule has 0 aromatic heterocycles. The van der Waals surface area contributed by atoms with E-state index in [9.17, 15) is 4.39 Å². The highest BCUT2D eigenvalue weighted by Gasteiger charge is 1.94. The summed E-state index contributed by atoms with van der Waals surface area (Å²) in [5, 5.41) is 2.44. The highest BCUT2D eigenvalue weighted by Crippen LogP contribution is 2.17. The van der Waals surface area contributed by atoms with E-state index in [2.05, 4.69) is 30.3 Å². The summed E-state index contributed by atoms with van der Waals surface area (Å²) >= 11 is 0. The van der Waals surface area contributed by atoms with Gasteiger partial charge in [0.05, 0.1) is 0 Å². The van der Waals surface area contributed by atoms with E-state index in [0.717, 1.165) is 11.1 Å². The van der Waals surface area contributed by atoms with Crippen molar-refractivity contribution in [2.45, 2.75) is 0 Å². The van der Waals surface area contributed by atoms with Gasteiger partial charge >= 0.3 is 0 Å². The van der Waals surface area contributed by atoms with Gasteiger partial charge in [-0.1, -0.05) is 60.7 Å². The molecule has 0 aliphatic rings. The molecule has 1 heteroatoms. The summed E-state index contributed by atoms with van der Waals surface area (Å²) in [5.41, 5.74) is 1.98. The fourth-order valence-electron chi connectivity index (χ4n) is 2.11. The predicted octanol–water partition coefficient (Wildman–Crippen LogP) is 5.15. The molecule has 3 aromatic carbocycles. The van der Waals surface area contributed by atoms with Crippen LogP contribution in [0.2, 0.25) is 0 Å². The van der Waals surface area contributed by atoms with E-state index in [1.165, 1.54) is 22.9 Å². The maximum Gasteiger partial charge on any atom is 0.123 e. The maximum absolute atomic E-state index is 13.1. The summed E-state index contributed by atoms with van der Waals surface area (Å²) in [4.78, 5) is 0. The van der Waals surface area contributed by atoms with Crippen LogP contribution in [-0.2, 0) is 0 Å². The van der Waals surface area contributed by atoms with Gasteiger partial charge < -0.3 is 0 Å². The van der Waals surface area contributed by atoms with Crippen molar-refractivity contribution in [3.8, 4) is 0 Å². The van der Waals surface area contributed by atoms with E-state index < -0.39 is 0 Å². The van der Waals surface area contributed by atoms with Crippen molar-refractivity contribution in [3.05, 3.63) is 83.7 Å². The number of hydrogen-bond acceptors (Lipinski definition) is 0. The number of fused-ring (bicyclic) bond motifs is 1. The van der Waals surface area contributed by atoms with Crippen LogP contribution in [0.25, 0.3) is 22.9 Å². The van der Waals surface area contributed by atoms with Crippen molar-refractivity contribution in [1.82, 2.24) is 0 Å². The molecule has 0 saturated carbocycles. The largest absolute Gasteiger partial charge is 0.207 e. The van der Waals surface area contributed by atoms with Crippen LogP contribution in [-0.4, -0.2) is 0 Å². The minimum absolute atomic E-state index is 0.208. The minimum Gasteiger partial charge on any atom is -0.207 e. The predicted molar refractivity (Wildman–Crippen MR) is 79.3 cm³/mol. The second-order valence-electron chi connectivity index (χ2n) is 4.49. The molecule has 3 aromatic rings. The van der Waals surface area contributed by atoms with Gasteiger partial charge in [-0.3, -0.25) is 0 Å². The monoisotopic (exact) mass is 248 g/mol. The highest BCUT2D eigenvalue weighted by atomic mass is 19.1. The zero-order valence-electron chi connectivity index (χ0n) is 10.4. The molecule has 0 spiro atoms. The van der Waals surface area contributed by atoms with Crippen molar-refractivity contribution in [2.75, 3.05) is 0 Å². The van der Waals surface area contributed by atoms with Gasteiger partial charge in [-0.2, -0.15) is 0 Å². The van der Waals surface area contributed by atoms with Gasteiger partial charge in [0, 0.05) is 0 Å². The molecular formula is C18H13F. The summed E-state index contributed by atoms with van der Waals surface area (Å²) in [6.07, 6.45) is 3.92. The van der Waals surface area contributed by atoms with Crippen LogP contribution in [0.4, 0.5) is 4.39 Å². The lowest BCUT2D eigenvalue weighted by molar-refractivity contribution is 0.627. The molecule has 0 radical (unpaired) electrons. The third-order valence-corrected chi connectivity index (χ3v) is 3.09. The first-order valence-electron chi connectivity index (χ1n) is 6.24. The van der Waals surface area contributed by atoms with Gasteiger partial charge in [-0.15, -0.1) is 0 Å². The van der Waals surface area contributed by atoms with Crippen molar-refractivity contribution >= 4 is 22.9 Å². The summed E-state index contributed by atoms with van der Waals surface area (Å²) in [7, 11) is 0. The van der Waals surface area contributed by atoms with Crippen molar-refractivity contribution < 1.29 is 4.39 Å². The van der Waals surface area contributed by atoms with Crippen LogP contribution in [0.3, 0.4) is 0 Å². The summed E-state index contributed by atoms with van der Waals surface area (Å²) in [5.74, 6) is -0.208. The Morgan fingerprint density at radius 3 is 2.16 bits per heavy atom. The Hall–Kier alpha value is -2.41. The summed E-state index contributed by atoms with van der Waals surface area (Å²) < 4.78 is 13.1. The van der Waals surface area contributed by atoms with E-state index in [4.69, 9.17) is 0 Å². The number of benzene rings is 3. The smallest absolute Gasteiger partial charge is 0.123 e. The standard InChI is InChI=1S/C18H13F/c19-18-7-3-4-14(13-18)8-9-15-10-11-16-5-1-2-6-17(16)12-15/h1-13H/b9-8+. The molecule has 0 unspecified atom stereocenters. The molecule has 0 fully saturated rings. The van der Waals surface area contributed by atoms with Crippen LogP contribution in [0.1, 0.15) is 11.1 Å². The third-order valence-electron chi connectivity index (χ3n) is 3.09. The lowest BCUT2D eigenvalue weighted by atomic mass is 10.1. The van der Waals surface area contributed by atoms with Crippen LogP contribution >= 0.6 is 0 Å². The van der Waals surface area contributed by atoms with Gasteiger partial charge in [0.25, 0.3) is 0 Å². The van der Waals surface area contributed by atoms with Gasteiger partial charge in [0.15, 0.2) is 0 Å². The number of halogens is 1. The quantitative estimate of drug-likeness (QED) is 0.550. The molecule has 0 nitrogen and oxygen atoms in total. The minimum atomic E-state index is -0.208. The van der Waals surface area contributed by atoms with Crippen LogP contribution in [0.15, 0.2) is 66.7 Å². The molecule has 0 bridgehead atoms. The van der Waals surface area contributed by atoms with Crippen LogP contribution in [0.5, 0.6) is 0 Å². The zero-order chi connectivity index (χ0) is 13.1. The molecule has 0 heterocycles. The van der Waals surface area contributed by atoms with Crippen molar-refractivity contribution in [1.29, 1.82) is 0 Å². The Bertz CT molecular complexity index is 741. The van der Waals surface area contributed by atoms with Crippen molar-refractivity contribution in [2.24, 2.45) is 0 Å². The van der Waals surface area contributed by atoms with Gasteiger partial charge in [-0.05, 0) is 40.1 Å². The molecule has 3 rings (SSSR count). The molecule has 0 N–H and O–H groups in total. The van der Waals surface area contributed by atoms with Gasteiger partial charge in [-0.25, -0.2) is 4.39 Å². The van der Waals surface area contributed by atoms with Gasteiger partial charge in [0.2, 0.25) is 0 Å². The van der Waals surface area contributed by atoms with Gasteiger partial charge in [0.1, 0.15) is 5.82 Å².